The zero-order valence-corrected chi connectivity index (χ0v) is 10.3. The fourth-order valence-corrected chi connectivity index (χ4v) is 2.32. The fourth-order valence-electron chi connectivity index (χ4n) is 1.63. The van der Waals surface area contributed by atoms with Crippen LogP contribution in [0.4, 0.5) is 0 Å². The van der Waals surface area contributed by atoms with Gasteiger partial charge in [0.1, 0.15) is 0 Å². The van der Waals surface area contributed by atoms with Gasteiger partial charge in [-0.2, -0.15) is 0 Å². The molecule has 15 heavy (non-hydrogen) atoms. The van der Waals surface area contributed by atoms with Crippen LogP contribution >= 0.6 is 11.3 Å². The average Bonchev–Trinajstić information content (AvgIpc) is 2.76. The van der Waals surface area contributed by atoms with Gasteiger partial charge in [0.05, 0.1) is 4.88 Å². The van der Waals surface area contributed by atoms with Gasteiger partial charge >= 0.3 is 0 Å². The molecule has 0 amide bonds. The van der Waals surface area contributed by atoms with Crippen molar-refractivity contribution >= 4 is 17.1 Å². The molecule has 2 heteroatoms. The molecule has 84 valence electrons. The summed E-state index contributed by atoms with van der Waals surface area (Å²) in [5.41, 5.74) is 0. The van der Waals surface area contributed by atoms with E-state index in [0.29, 0.717) is 5.78 Å². The van der Waals surface area contributed by atoms with Crippen molar-refractivity contribution in [1.29, 1.82) is 0 Å². The molecule has 0 aromatic carbocycles. The lowest BCUT2D eigenvalue weighted by Gasteiger charge is -1.99. The van der Waals surface area contributed by atoms with Crippen molar-refractivity contribution in [3.8, 4) is 0 Å². The first kappa shape index (κ1) is 12.4. The predicted molar refractivity (Wildman–Crippen MR) is 66.6 cm³/mol. The second-order valence-electron chi connectivity index (χ2n) is 3.92. The zero-order chi connectivity index (χ0) is 10.9. The Bertz CT molecular complexity index is 264. The number of unbranched alkanes of at least 4 members (excludes halogenated alkanes) is 5. The van der Waals surface area contributed by atoms with Crippen molar-refractivity contribution in [1.82, 2.24) is 0 Å². The molecule has 0 bridgehead atoms. The van der Waals surface area contributed by atoms with E-state index in [-0.39, 0.29) is 0 Å². The van der Waals surface area contributed by atoms with E-state index in [1.807, 2.05) is 17.5 Å². The van der Waals surface area contributed by atoms with Crippen LogP contribution in [0.5, 0.6) is 0 Å². The zero-order valence-electron chi connectivity index (χ0n) is 9.50. The van der Waals surface area contributed by atoms with Crippen LogP contribution in [0, 0.1) is 0 Å². The lowest BCUT2D eigenvalue weighted by Crippen LogP contribution is -1.95. The number of hydrogen-bond donors (Lipinski definition) is 0. The summed E-state index contributed by atoms with van der Waals surface area (Å²) in [7, 11) is 0. The maximum absolute atomic E-state index is 11.6. The molecule has 0 fully saturated rings. The Balaban J connectivity index is 2.03. The Morgan fingerprint density at radius 2 is 1.93 bits per heavy atom. The molecule has 0 N–H and O–H groups in total. The van der Waals surface area contributed by atoms with Crippen molar-refractivity contribution in [3.05, 3.63) is 22.4 Å². The standard InChI is InChI=1S/C13H20OS/c1-2-3-4-5-6-7-9-12(14)13-10-8-11-15-13/h8,10-11H,2-7,9H2,1H3. The Morgan fingerprint density at radius 1 is 1.20 bits per heavy atom. The van der Waals surface area contributed by atoms with Crippen LogP contribution in [0.3, 0.4) is 0 Å². The molecule has 0 aliphatic rings. The third-order valence-corrected chi connectivity index (χ3v) is 3.46. The molecule has 0 aliphatic carbocycles. The summed E-state index contributed by atoms with van der Waals surface area (Å²) in [6.45, 7) is 2.22. The van der Waals surface area contributed by atoms with E-state index < -0.39 is 0 Å². The topological polar surface area (TPSA) is 17.1 Å². The molecule has 1 rings (SSSR count). The van der Waals surface area contributed by atoms with Crippen LogP contribution < -0.4 is 0 Å². The van der Waals surface area contributed by atoms with E-state index in [9.17, 15) is 4.79 Å². The smallest absolute Gasteiger partial charge is 0.172 e. The van der Waals surface area contributed by atoms with E-state index >= 15 is 0 Å². The van der Waals surface area contributed by atoms with Gasteiger partial charge in [-0.15, -0.1) is 11.3 Å². The van der Waals surface area contributed by atoms with Gasteiger partial charge in [0.2, 0.25) is 0 Å². The number of thiophene rings is 1. The summed E-state index contributed by atoms with van der Waals surface area (Å²) in [4.78, 5) is 12.5. The second kappa shape index (κ2) is 7.63. The number of carbonyl (C=O) groups excluding carboxylic acids is 1. The first-order valence-corrected chi connectivity index (χ1v) is 6.79. The fraction of sp³-hybridized carbons (Fsp3) is 0.615. The van der Waals surface area contributed by atoms with Crippen molar-refractivity contribution in [2.75, 3.05) is 0 Å². The summed E-state index contributed by atoms with van der Waals surface area (Å²) in [6.07, 6.45) is 8.21. The highest BCUT2D eigenvalue weighted by atomic mass is 32.1. The summed E-state index contributed by atoms with van der Waals surface area (Å²) in [5, 5.41) is 1.97. The monoisotopic (exact) mass is 224 g/mol. The molecule has 0 atom stereocenters. The summed E-state index contributed by atoms with van der Waals surface area (Å²) in [5.74, 6) is 0.320. The van der Waals surface area contributed by atoms with Gasteiger partial charge in [0.25, 0.3) is 0 Å². The van der Waals surface area contributed by atoms with E-state index in [1.165, 1.54) is 32.1 Å². The molecule has 1 aromatic heterocycles. The number of ketones is 1. The first-order valence-electron chi connectivity index (χ1n) is 5.91. The van der Waals surface area contributed by atoms with E-state index in [2.05, 4.69) is 6.92 Å². The Hall–Kier alpha value is -0.630. The number of Topliss-reactive ketones (excluding diaryl/α,β-unsaturated/α-hetero) is 1. The predicted octanol–water partition coefficient (Wildman–Crippen LogP) is 4.68. The summed E-state index contributed by atoms with van der Waals surface area (Å²) < 4.78 is 0. The Labute approximate surface area is 96.5 Å². The van der Waals surface area contributed by atoms with E-state index in [0.717, 1.165) is 17.7 Å². The van der Waals surface area contributed by atoms with Gasteiger partial charge < -0.3 is 0 Å². The third kappa shape index (κ3) is 5.12. The maximum atomic E-state index is 11.6. The lowest BCUT2D eigenvalue weighted by atomic mass is 10.1. The van der Waals surface area contributed by atoms with Crippen molar-refractivity contribution in [2.24, 2.45) is 0 Å². The highest BCUT2D eigenvalue weighted by Gasteiger charge is 2.05. The van der Waals surface area contributed by atoms with Crippen molar-refractivity contribution in [3.63, 3.8) is 0 Å². The molecule has 1 nitrogen and oxygen atoms in total. The summed E-state index contributed by atoms with van der Waals surface area (Å²) in [6, 6.07) is 3.86. The lowest BCUT2D eigenvalue weighted by molar-refractivity contribution is 0.0983. The van der Waals surface area contributed by atoms with Crippen molar-refractivity contribution < 1.29 is 4.79 Å². The van der Waals surface area contributed by atoms with Crippen LogP contribution in [-0.4, -0.2) is 5.78 Å². The van der Waals surface area contributed by atoms with Crippen LogP contribution in [0.15, 0.2) is 17.5 Å². The molecule has 0 unspecified atom stereocenters. The van der Waals surface area contributed by atoms with E-state index in [1.54, 1.807) is 11.3 Å². The van der Waals surface area contributed by atoms with Gasteiger partial charge in [-0.3, -0.25) is 4.79 Å². The summed E-state index contributed by atoms with van der Waals surface area (Å²) >= 11 is 1.55. The molecular weight excluding hydrogens is 204 g/mol. The minimum Gasteiger partial charge on any atom is -0.293 e. The van der Waals surface area contributed by atoms with Crippen molar-refractivity contribution in [2.45, 2.75) is 51.9 Å². The number of hydrogen-bond acceptors (Lipinski definition) is 2. The average molecular weight is 224 g/mol. The first-order chi connectivity index (χ1) is 7.34. The van der Waals surface area contributed by atoms with Crippen LogP contribution in [-0.2, 0) is 0 Å². The quantitative estimate of drug-likeness (QED) is 0.463. The molecular formula is C13H20OS. The third-order valence-electron chi connectivity index (χ3n) is 2.55. The van der Waals surface area contributed by atoms with Gasteiger partial charge in [-0.05, 0) is 17.9 Å². The maximum Gasteiger partial charge on any atom is 0.172 e. The van der Waals surface area contributed by atoms with Crippen LogP contribution in [0.2, 0.25) is 0 Å². The minimum absolute atomic E-state index is 0.320. The van der Waals surface area contributed by atoms with Gasteiger partial charge in [0, 0.05) is 6.42 Å². The normalized spacial score (nSPS) is 10.5. The SMILES string of the molecule is CCCCCCCCC(=O)c1cccs1. The minimum atomic E-state index is 0.320. The molecule has 0 saturated carbocycles. The van der Waals surface area contributed by atoms with E-state index in [4.69, 9.17) is 0 Å². The molecule has 1 heterocycles. The Kier molecular flexibility index (Phi) is 6.33. The molecule has 1 aromatic rings. The molecule has 0 saturated heterocycles. The van der Waals surface area contributed by atoms with Crippen LogP contribution in [0.25, 0.3) is 0 Å². The molecule has 0 radical (unpaired) electrons. The highest BCUT2D eigenvalue weighted by Crippen LogP contribution is 2.14. The van der Waals surface area contributed by atoms with Gasteiger partial charge in [-0.1, -0.05) is 45.1 Å². The van der Waals surface area contributed by atoms with Gasteiger partial charge in [-0.25, -0.2) is 0 Å². The number of rotatable bonds is 8. The van der Waals surface area contributed by atoms with Gasteiger partial charge in [0.15, 0.2) is 5.78 Å². The Morgan fingerprint density at radius 3 is 2.60 bits per heavy atom. The largest absolute Gasteiger partial charge is 0.293 e. The molecule has 0 aliphatic heterocycles. The highest BCUT2D eigenvalue weighted by molar-refractivity contribution is 7.12. The number of carbonyl (C=O) groups is 1. The second-order valence-corrected chi connectivity index (χ2v) is 4.87. The molecule has 0 spiro atoms. The van der Waals surface area contributed by atoms with Crippen LogP contribution in [0.1, 0.15) is 61.5 Å².